The highest BCUT2D eigenvalue weighted by Crippen LogP contribution is 2.44. The predicted octanol–water partition coefficient (Wildman–Crippen LogP) is 4.92. The standard InChI is InChI=1S/C20H18ClN3OS/c1-12-5-3-8-16(9-12)24-20-18(13(2)23-24)19(26-11-17(25)22-20)14-6-4-7-15(21)10-14/h3-10,19H,11H2,1-2H3,(H,22,25)/t19-/m1/s1. The summed E-state index contributed by atoms with van der Waals surface area (Å²) >= 11 is 7.80. The van der Waals surface area contributed by atoms with Gasteiger partial charge in [-0.1, -0.05) is 35.9 Å². The quantitative estimate of drug-likeness (QED) is 0.683. The van der Waals surface area contributed by atoms with E-state index in [1.165, 1.54) is 0 Å². The first-order valence-corrected chi connectivity index (χ1v) is 9.79. The summed E-state index contributed by atoms with van der Waals surface area (Å²) in [6.45, 7) is 4.03. The molecule has 1 atom stereocenters. The van der Waals surface area contributed by atoms with Gasteiger partial charge in [-0.3, -0.25) is 4.79 Å². The molecule has 26 heavy (non-hydrogen) atoms. The van der Waals surface area contributed by atoms with E-state index < -0.39 is 0 Å². The Morgan fingerprint density at radius 2 is 2.00 bits per heavy atom. The van der Waals surface area contributed by atoms with Gasteiger partial charge in [-0.15, -0.1) is 11.8 Å². The minimum atomic E-state index is -0.0189. The lowest BCUT2D eigenvalue weighted by Crippen LogP contribution is -2.15. The van der Waals surface area contributed by atoms with Gasteiger partial charge < -0.3 is 5.32 Å². The fourth-order valence-corrected chi connectivity index (χ4v) is 4.64. The number of carbonyl (C=O) groups excluding carboxylic acids is 1. The lowest BCUT2D eigenvalue weighted by molar-refractivity contribution is -0.113. The van der Waals surface area contributed by atoms with E-state index in [2.05, 4.69) is 11.4 Å². The van der Waals surface area contributed by atoms with Crippen molar-refractivity contribution in [2.75, 3.05) is 11.1 Å². The predicted molar refractivity (Wildman–Crippen MR) is 107 cm³/mol. The van der Waals surface area contributed by atoms with E-state index in [1.807, 2.05) is 61.0 Å². The number of benzene rings is 2. The molecular weight excluding hydrogens is 366 g/mol. The summed E-state index contributed by atoms with van der Waals surface area (Å²) in [7, 11) is 0. The van der Waals surface area contributed by atoms with Gasteiger partial charge in [-0.25, -0.2) is 4.68 Å². The lowest BCUT2D eigenvalue weighted by atomic mass is 10.0. The maximum absolute atomic E-state index is 12.4. The molecule has 0 fully saturated rings. The fourth-order valence-electron chi connectivity index (χ4n) is 3.26. The fraction of sp³-hybridized carbons (Fsp3) is 0.200. The third kappa shape index (κ3) is 3.13. The van der Waals surface area contributed by atoms with Gasteiger partial charge in [0.05, 0.1) is 22.4 Å². The largest absolute Gasteiger partial charge is 0.310 e. The number of anilines is 1. The zero-order valence-electron chi connectivity index (χ0n) is 14.5. The van der Waals surface area contributed by atoms with Crippen LogP contribution < -0.4 is 5.32 Å². The summed E-state index contributed by atoms with van der Waals surface area (Å²) in [5.74, 6) is 1.11. The molecule has 0 bridgehead atoms. The number of amides is 1. The van der Waals surface area contributed by atoms with Crippen LogP contribution in [0.5, 0.6) is 0 Å². The van der Waals surface area contributed by atoms with Crippen LogP contribution in [0.15, 0.2) is 48.5 Å². The van der Waals surface area contributed by atoms with Crippen molar-refractivity contribution in [1.82, 2.24) is 9.78 Å². The van der Waals surface area contributed by atoms with E-state index >= 15 is 0 Å². The molecule has 1 aromatic heterocycles. The Morgan fingerprint density at radius 1 is 1.19 bits per heavy atom. The van der Waals surface area contributed by atoms with Crippen LogP contribution in [-0.2, 0) is 4.79 Å². The summed E-state index contributed by atoms with van der Waals surface area (Å²) < 4.78 is 1.83. The number of carbonyl (C=O) groups is 1. The molecule has 1 amide bonds. The van der Waals surface area contributed by atoms with Crippen LogP contribution >= 0.6 is 23.4 Å². The molecule has 3 aromatic rings. The van der Waals surface area contributed by atoms with E-state index in [1.54, 1.807) is 11.8 Å². The lowest BCUT2D eigenvalue weighted by Gasteiger charge is -2.15. The van der Waals surface area contributed by atoms with Gasteiger partial charge in [-0.05, 0) is 49.2 Å². The summed E-state index contributed by atoms with van der Waals surface area (Å²) in [5, 5.41) is 8.48. The van der Waals surface area contributed by atoms with Gasteiger partial charge in [0.15, 0.2) is 0 Å². The highest BCUT2D eigenvalue weighted by atomic mass is 35.5. The van der Waals surface area contributed by atoms with Crippen LogP contribution in [0, 0.1) is 13.8 Å². The Kier molecular flexibility index (Phi) is 4.51. The second-order valence-corrected chi connectivity index (χ2v) is 7.92. The second-order valence-electron chi connectivity index (χ2n) is 6.39. The molecule has 2 aromatic carbocycles. The van der Waals surface area contributed by atoms with Crippen molar-refractivity contribution in [2.45, 2.75) is 19.1 Å². The summed E-state index contributed by atoms with van der Waals surface area (Å²) in [6, 6.07) is 15.9. The second kappa shape index (κ2) is 6.82. The zero-order chi connectivity index (χ0) is 18.3. The van der Waals surface area contributed by atoms with Crippen molar-refractivity contribution in [2.24, 2.45) is 0 Å². The Balaban J connectivity index is 1.90. The van der Waals surface area contributed by atoms with E-state index in [4.69, 9.17) is 16.7 Å². The SMILES string of the molecule is Cc1cccc(-n2nc(C)c3c2NC(=O)CS[C@@H]3c2cccc(Cl)c2)c1. The Bertz CT molecular complexity index is 998. The molecular formula is C20H18ClN3OS. The van der Waals surface area contributed by atoms with Crippen LogP contribution in [0.2, 0.25) is 5.02 Å². The van der Waals surface area contributed by atoms with Crippen molar-refractivity contribution in [1.29, 1.82) is 0 Å². The normalized spacial score (nSPS) is 16.7. The van der Waals surface area contributed by atoms with Crippen molar-refractivity contribution in [3.63, 3.8) is 0 Å². The summed E-state index contributed by atoms with van der Waals surface area (Å²) in [5.41, 5.74) is 5.09. The molecule has 0 aliphatic carbocycles. The van der Waals surface area contributed by atoms with Crippen LogP contribution in [-0.4, -0.2) is 21.4 Å². The first-order valence-electron chi connectivity index (χ1n) is 8.36. The molecule has 1 aliphatic rings. The molecule has 0 saturated heterocycles. The zero-order valence-corrected chi connectivity index (χ0v) is 16.1. The van der Waals surface area contributed by atoms with Crippen molar-refractivity contribution in [3.05, 3.63) is 75.9 Å². The van der Waals surface area contributed by atoms with Crippen molar-refractivity contribution < 1.29 is 4.79 Å². The molecule has 1 aliphatic heterocycles. The Labute approximate surface area is 161 Å². The number of rotatable bonds is 2. The van der Waals surface area contributed by atoms with Crippen molar-refractivity contribution >= 4 is 35.1 Å². The number of fused-ring (bicyclic) bond motifs is 1. The Hall–Kier alpha value is -2.24. The molecule has 4 nitrogen and oxygen atoms in total. The summed E-state index contributed by atoms with van der Waals surface area (Å²) in [6.07, 6.45) is 0. The number of nitrogens with one attached hydrogen (secondary N) is 1. The van der Waals surface area contributed by atoms with Crippen LogP contribution in [0.1, 0.15) is 27.6 Å². The minimum absolute atomic E-state index is 0.00112. The van der Waals surface area contributed by atoms with Crippen LogP contribution in [0.25, 0.3) is 5.69 Å². The molecule has 2 heterocycles. The Morgan fingerprint density at radius 3 is 2.77 bits per heavy atom. The molecule has 0 unspecified atom stereocenters. The van der Waals surface area contributed by atoms with Gasteiger partial charge in [0.2, 0.25) is 5.91 Å². The van der Waals surface area contributed by atoms with E-state index in [-0.39, 0.29) is 11.2 Å². The average molecular weight is 384 g/mol. The van der Waals surface area contributed by atoms with Gasteiger partial charge in [0.25, 0.3) is 0 Å². The van der Waals surface area contributed by atoms with Gasteiger partial charge >= 0.3 is 0 Å². The van der Waals surface area contributed by atoms with E-state index in [0.29, 0.717) is 10.8 Å². The molecule has 4 rings (SSSR count). The minimum Gasteiger partial charge on any atom is -0.310 e. The number of nitrogens with zero attached hydrogens (tertiary/aromatic N) is 2. The third-order valence-electron chi connectivity index (χ3n) is 4.41. The van der Waals surface area contributed by atoms with Crippen LogP contribution in [0.3, 0.4) is 0 Å². The smallest absolute Gasteiger partial charge is 0.235 e. The first kappa shape index (κ1) is 17.2. The molecule has 1 N–H and O–H groups in total. The number of hydrogen-bond donors (Lipinski definition) is 1. The number of aryl methyl sites for hydroxylation is 2. The molecule has 0 saturated carbocycles. The molecule has 132 valence electrons. The number of halogens is 1. The molecule has 0 radical (unpaired) electrons. The highest BCUT2D eigenvalue weighted by molar-refractivity contribution is 8.00. The topological polar surface area (TPSA) is 46.9 Å². The first-order chi connectivity index (χ1) is 12.5. The molecule has 0 spiro atoms. The van der Waals surface area contributed by atoms with Gasteiger partial charge in [0, 0.05) is 10.6 Å². The maximum Gasteiger partial charge on any atom is 0.235 e. The monoisotopic (exact) mass is 383 g/mol. The maximum atomic E-state index is 12.4. The number of thioether (sulfide) groups is 1. The third-order valence-corrected chi connectivity index (χ3v) is 5.91. The van der Waals surface area contributed by atoms with Crippen molar-refractivity contribution in [3.8, 4) is 5.69 Å². The van der Waals surface area contributed by atoms with E-state index in [9.17, 15) is 4.79 Å². The summed E-state index contributed by atoms with van der Waals surface area (Å²) in [4.78, 5) is 12.4. The average Bonchev–Trinajstić information content (AvgIpc) is 2.81. The number of aromatic nitrogens is 2. The molecule has 6 heteroatoms. The van der Waals surface area contributed by atoms with E-state index in [0.717, 1.165) is 33.9 Å². The van der Waals surface area contributed by atoms with Crippen LogP contribution in [0.4, 0.5) is 5.82 Å². The number of hydrogen-bond acceptors (Lipinski definition) is 3. The van der Waals surface area contributed by atoms with Gasteiger partial charge in [-0.2, -0.15) is 5.10 Å². The van der Waals surface area contributed by atoms with Gasteiger partial charge in [0.1, 0.15) is 5.82 Å². The highest BCUT2D eigenvalue weighted by Gasteiger charge is 2.30.